The molecular formula is C12H18FN3O4. The van der Waals surface area contributed by atoms with Crippen molar-refractivity contribution in [1.82, 2.24) is 14.9 Å². The molecule has 0 saturated carbocycles. The van der Waals surface area contributed by atoms with Gasteiger partial charge in [-0.15, -0.1) is 0 Å². The highest BCUT2D eigenvalue weighted by molar-refractivity contribution is 5.66. The van der Waals surface area contributed by atoms with Gasteiger partial charge in [0.25, 0.3) is 5.56 Å². The van der Waals surface area contributed by atoms with Crippen molar-refractivity contribution in [1.29, 1.82) is 0 Å². The Labute approximate surface area is 114 Å². The Morgan fingerprint density at radius 3 is 2.70 bits per heavy atom. The molecule has 0 spiro atoms. The van der Waals surface area contributed by atoms with Gasteiger partial charge in [-0.1, -0.05) is 20.8 Å². The van der Waals surface area contributed by atoms with E-state index in [4.69, 9.17) is 4.74 Å². The molecule has 0 fully saturated rings. The van der Waals surface area contributed by atoms with Crippen LogP contribution < -0.4 is 16.6 Å². The molecule has 0 radical (unpaired) electrons. The Bertz CT molecular complexity index is 586. The first-order chi connectivity index (χ1) is 9.19. The third-order valence-electron chi connectivity index (χ3n) is 2.45. The number of carbonyl (C=O) groups excluding carboxylic acids is 1. The summed E-state index contributed by atoms with van der Waals surface area (Å²) in [6.07, 6.45) is 0.728. The van der Waals surface area contributed by atoms with E-state index >= 15 is 0 Å². The molecule has 1 heterocycles. The van der Waals surface area contributed by atoms with Crippen LogP contribution in [0.5, 0.6) is 0 Å². The van der Waals surface area contributed by atoms with E-state index in [1.54, 1.807) is 4.98 Å². The number of hydrogen-bond donors (Lipinski definition) is 2. The Morgan fingerprint density at radius 2 is 2.10 bits per heavy atom. The van der Waals surface area contributed by atoms with E-state index in [0.717, 1.165) is 11.0 Å². The van der Waals surface area contributed by atoms with Gasteiger partial charge < -0.3 is 10.1 Å². The highest BCUT2D eigenvalue weighted by Crippen LogP contribution is 2.16. The summed E-state index contributed by atoms with van der Waals surface area (Å²) >= 11 is 0. The lowest BCUT2D eigenvalue weighted by molar-refractivity contribution is 0.110. The molecule has 0 unspecified atom stereocenters. The number of hydrogen-bond acceptors (Lipinski definition) is 4. The van der Waals surface area contributed by atoms with Crippen LogP contribution in [0, 0.1) is 11.2 Å². The smallest absolute Gasteiger partial charge is 0.408 e. The first kappa shape index (κ1) is 15.9. The van der Waals surface area contributed by atoms with Gasteiger partial charge in [0.1, 0.15) is 0 Å². The van der Waals surface area contributed by atoms with Crippen molar-refractivity contribution in [3.8, 4) is 0 Å². The van der Waals surface area contributed by atoms with Gasteiger partial charge in [0.2, 0.25) is 5.82 Å². The van der Waals surface area contributed by atoms with E-state index in [9.17, 15) is 18.8 Å². The minimum Gasteiger partial charge on any atom is -0.428 e. The van der Waals surface area contributed by atoms with Crippen LogP contribution >= 0.6 is 0 Å². The van der Waals surface area contributed by atoms with Gasteiger partial charge in [0, 0.05) is 6.54 Å². The van der Waals surface area contributed by atoms with Crippen LogP contribution in [0.3, 0.4) is 0 Å². The number of carbonyl (C=O) groups is 1. The zero-order valence-corrected chi connectivity index (χ0v) is 11.7. The van der Waals surface area contributed by atoms with Crippen LogP contribution in [0.15, 0.2) is 15.8 Å². The fraction of sp³-hybridized carbons (Fsp3) is 0.583. The van der Waals surface area contributed by atoms with Crippen molar-refractivity contribution in [2.24, 2.45) is 5.41 Å². The van der Waals surface area contributed by atoms with Crippen molar-refractivity contribution < 1.29 is 13.9 Å². The van der Waals surface area contributed by atoms with Crippen molar-refractivity contribution in [3.63, 3.8) is 0 Å². The molecule has 0 saturated heterocycles. The van der Waals surface area contributed by atoms with Crippen LogP contribution in [0.25, 0.3) is 0 Å². The molecule has 7 nitrogen and oxygen atoms in total. The number of H-pyrrole nitrogens is 1. The fourth-order valence-electron chi connectivity index (χ4n) is 1.30. The predicted molar refractivity (Wildman–Crippen MR) is 69.8 cm³/mol. The molecule has 0 aliphatic heterocycles. The second kappa shape index (κ2) is 6.36. The molecule has 1 aromatic heterocycles. The maximum Gasteiger partial charge on any atom is 0.408 e. The van der Waals surface area contributed by atoms with Gasteiger partial charge >= 0.3 is 11.8 Å². The maximum absolute atomic E-state index is 13.0. The summed E-state index contributed by atoms with van der Waals surface area (Å²) in [7, 11) is 0. The van der Waals surface area contributed by atoms with Crippen molar-refractivity contribution in [2.75, 3.05) is 6.54 Å². The van der Waals surface area contributed by atoms with Gasteiger partial charge in [0.15, 0.2) is 6.73 Å². The lowest BCUT2D eigenvalue weighted by Crippen LogP contribution is -2.34. The van der Waals surface area contributed by atoms with Gasteiger partial charge in [-0.2, -0.15) is 4.39 Å². The summed E-state index contributed by atoms with van der Waals surface area (Å²) < 4.78 is 18.5. The number of aromatic amines is 1. The van der Waals surface area contributed by atoms with Crippen molar-refractivity contribution in [3.05, 3.63) is 32.9 Å². The zero-order valence-electron chi connectivity index (χ0n) is 11.7. The summed E-state index contributed by atoms with van der Waals surface area (Å²) in [5.41, 5.74) is -1.88. The second-order valence-electron chi connectivity index (χ2n) is 5.50. The van der Waals surface area contributed by atoms with E-state index < -0.39 is 29.9 Å². The Hall–Kier alpha value is -2.12. The molecule has 0 aliphatic rings. The molecule has 0 bridgehead atoms. The van der Waals surface area contributed by atoms with Crippen molar-refractivity contribution in [2.45, 2.75) is 33.9 Å². The first-order valence-corrected chi connectivity index (χ1v) is 6.09. The molecule has 2 N–H and O–H groups in total. The average Bonchev–Trinajstić information content (AvgIpc) is 2.30. The molecule has 0 atom stereocenters. The largest absolute Gasteiger partial charge is 0.428 e. The molecule has 8 heteroatoms. The molecular weight excluding hydrogens is 269 g/mol. The molecule has 0 aliphatic carbocycles. The number of amides is 1. The van der Waals surface area contributed by atoms with E-state index in [1.807, 2.05) is 20.8 Å². The number of nitrogens with zero attached hydrogens (tertiary/aromatic N) is 1. The van der Waals surface area contributed by atoms with Gasteiger partial charge in [-0.25, -0.2) is 9.59 Å². The highest BCUT2D eigenvalue weighted by Gasteiger charge is 2.11. The van der Waals surface area contributed by atoms with Crippen LogP contribution in [0.4, 0.5) is 9.18 Å². The molecule has 112 valence electrons. The molecule has 1 amide bonds. The second-order valence-corrected chi connectivity index (χ2v) is 5.50. The van der Waals surface area contributed by atoms with Crippen LogP contribution in [0.1, 0.15) is 27.2 Å². The number of rotatable bonds is 4. The number of halogens is 1. The zero-order chi connectivity index (χ0) is 15.3. The number of aromatic nitrogens is 2. The lowest BCUT2D eigenvalue weighted by atomic mass is 9.92. The summed E-state index contributed by atoms with van der Waals surface area (Å²) in [4.78, 5) is 35.2. The standard InChI is InChI=1S/C12H18FN3O4/c1-12(2,3)4-5-14-11(19)20-7-16-6-8(13)9(17)15-10(16)18/h6H,4-5,7H2,1-3H3,(H,14,19)(H,15,17,18). The van der Waals surface area contributed by atoms with Gasteiger partial charge in [-0.05, 0) is 11.8 Å². The van der Waals surface area contributed by atoms with Gasteiger partial charge in [0.05, 0.1) is 6.20 Å². The summed E-state index contributed by atoms with van der Waals surface area (Å²) in [5.74, 6) is -1.12. The third-order valence-corrected chi connectivity index (χ3v) is 2.45. The van der Waals surface area contributed by atoms with Crippen molar-refractivity contribution >= 4 is 6.09 Å². The molecule has 20 heavy (non-hydrogen) atoms. The minimum atomic E-state index is -1.12. The number of ether oxygens (including phenoxy) is 1. The quantitative estimate of drug-likeness (QED) is 0.856. The van der Waals surface area contributed by atoms with Gasteiger partial charge in [-0.3, -0.25) is 14.3 Å². The Kier molecular flexibility index (Phi) is 5.06. The highest BCUT2D eigenvalue weighted by atomic mass is 19.1. The minimum absolute atomic E-state index is 0.0757. The van der Waals surface area contributed by atoms with E-state index in [0.29, 0.717) is 12.7 Å². The monoisotopic (exact) mass is 287 g/mol. The normalized spacial score (nSPS) is 11.2. The lowest BCUT2D eigenvalue weighted by Gasteiger charge is -2.17. The fourth-order valence-corrected chi connectivity index (χ4v) is 1.30. The Balaban J connectivity index is 2.48. The number of alkyl carbamates (subject to hydrolysis) is 1. The van der Waals surface area contributed by atoms with Crippen LogP contribution in [-0.2, 0) is 11.5 Å². The van der Waals surface area contributed by atoms with E-state index in [2.05, 4.69) is 5.32 Å². The Morgan fingerprint density at radius 1 is 1.45 bits per heavy atom. The molecule has 1 aromatic rings. The van der Waals surface area contributed by atoms with E-state index in [-0.39, 0.29) is 5.41 Å². The number of nitrogens with one attached hydrogen (secondary N) is 2. The van der Waals surface area contributed by atoms with Crippen LogP contribution in [-0.4, -0.2) is 22.2 Å². The topological polar surface area (TPSA) is 93.2 Å². The molecule has 1 rings (SSSR count). The first-order valence-electron chi connectivity index (χ1n) is 6.09. The average molecular weight is 287 g/mol. The summed E-state index contributed by atoms with van der Waals surface area (Å²) in [6.45, 7) is 6.04. The SMILES string of the molecule is CC(C)(C)CCNC(=O)OCn1cc(F)c(=O)[nH]c1=O. The van der Waals surface area contributed by atoms with E-state index in [1.165, 1.54) is 0 Å². The third kappa shape index (κ3) is 5.25. The summed E-state index contributed by atoms with van der Waals surface area (Å²) in [6, 6.07) is 0. The van der Waals surface area contributed by atoms with Crippen LogP contribution in [0.2, 0.25) is 0 Å². The predicted octanol–water partition coefficient (Wildman–Crippen LogP) is 0.796. The summed E-state index contributed by atoms with van der Waals surface area (Å²) in [5, 5.41) is 2.51. The maximum atomic E-state index is 13.0. The molecule has 0 aromatic carbocycles.